The first-order valence-electron chi connectivity index (χ1n) is 3.27. The van der Waals surface area contributed by atoms with Gasteiger partial charge in [-0.05, 0) is 19.6 Å². The van der Waals surface area contributed by atoms with Crippen molar-refractivity contribution in [3.8, 4) is 0 Å². The fourth-order valence-electron chi connectivity index (χ4n) is 0.496. The van der Waals surface area contributed by atoms with E-state index in [4.69, 9.17) is 12.3 Å². The zero-order valence-electron chi connectivity index (χ0n) is 7.30. The summed E-state index contributed by atoms with van der Waals surface area (Å²) in [6, 6.07) is 0. The van der Waals surface area contributed by atoms with Crippen LogP contribution in [0.4, 0.5) is 0 Å². The maximum Gasteiger partial charge on any atom is 0.311 e. The molecule has 0 heterocycles. The van der Waals surface area contributed by atoms with Gasteiger partial charge in [-0.1, -0.05) is 0 Å². The van der Waals surface area contributed by atoms with Crippen molar-refractivity contribution >= 4 is 38.8 Å². The van der Waals surface area contributed by atoms with Gasteiger partial charge in [0.25, 0.3) is 9.28 Å². The smallest absolute Gasteiger partial charge is 0.311 e. The first-order chi connectivity index (χ1) is 4.52. The quantitative estimate of drug-likeness (QED) is 0.512. The fraction of sp³-hybridized carbons (Fsp3) is 1.00. The predicted octanol–water partition coefficient (Wildman–Crippen LogP) is -1.85. The van der Waals surface area contributed by atoms with Crippen LogP contribution in [0.5, 0.6) is 0 Å². The molecule has 0 aromatic rings. The Morgan fingerprint density at radius 2 is 1.80 bits per heavy atom. The zero-order chi connectivity index (χ0) is 8.20. The van der Waals surface area contributed by atoms with E-state index in [1.54, 1.807) is 0 Å². The summed E-state index contributed by atoms with van der Waals surface area (Å²) < 4.78 is 16.2. The van der Waals surface area contributed by atoms with Gasteiger partial charge in [-0.15, -0.1) is 0 Å². The molecule has 0 aromatic carbocycles. The molecule has 0 aliphatic carbocycles. The van der Waals surface area contributed by atoms with Crippen molar-refractivity contribution in [2.24, 2.45) is 0 Å². The lowest BCUT2D eigenvalue weighted by Crippen LogP contribution is -2.40. The second-order valence-electron chi connectivity index (χ2n) is 2.53. The maximum atomic E-state index is 5.64. The van der Waals surface area contributed by atoms with E-state index in [0.29, 0.717) is 0 Å². The SMILES string of the molecule is C[SiH](O[SiH3])O[Si](C)(C)O[SiH3]. The highest BCUT2D eigenvalue weighted by Gasteiger charge is 2.24. The minimum absolute atomic E-state index is 0.770. The summed E-state index contributed by atoms with van der Waals surface area (Å²) in [5.74, 6) is 0. The third kappa shape index (κ3) is 4.55. The first kappa shape index (κ1) is 10.7. The Labute approximate surface area is 71.3 Å². The average Bonchev–Trinajstić information content (AvgIpc) is 1.87. The second kappa shape index (κ2) is 4.59. The van der Waals surface area contributed by atoms with Gasteiger partial charge in [0, 0.05) is 0 Å². The Kier molecular flexibility index (Phi) is 4.93. The normalized spacial score (nSPS) is 15.9. The lowest BCUT2D eigenvalue weighted by Gasteiger charge is -2.24. The molecule has 1 atom stereocenters. The number of hydrogen-bond acceptors (Lipinski definition) is 3. The van der Waals surface area contributed by atoms with Gasteiger partial charge < -0.3 is 12.3 Å². The molecule has 0 bridgehead atoms. The second-order valence-corrected chi connectivity index (χ2v) is 10.9. The molecule has 0 N–H and O–H groups in total. The van der Waals surface area contributed by atoms with Crippen LogP contribution in [0.1, 0.15) is 0 Å². The molecule has 0 saturated carbocycles. The van der Waals surface area contributed by atoms with Gasteiger partial charge in [0.15, 0.2) is 0 Å². The van der Waals surface area contributed by atoms with E-state index < -0.39 is 17.8 Å². The van der Waals surface area contributed by atoms with Crippen LogP contribution in [-0.2, 0) is 12.3 Å². The Morgan fingerprint density at radius 3 is 2.10 bits per heavy atom. The van der Waals surface area contributed by atoms with E-state index in [9.17, 15) is 0 Å². The van der Waals surface area contributed by atoms with Gasteiger partial charge >= 0.3 is 8.56 Å². The van der Waals surface area contributed by atoms with Gasteiger partial charge in [0.2, 0.25) is 0 Å². The molecular formula is C3H16O3Si4. The summed E-state index contributed by atoms with van der Waals surface area (Å²) in [7, 11) is -1.49. The predicted molar refractivity (Wildman–Crippen MR) is 53.6 cm³/mol. The maximum absolute atomic E-state index is 5.64. The largest absolute Gasteiger partial charge is 0.447 e. The summed E-state index contributed by atoms with van der Waals surface area (Å²) in [6.45, 7) is 6.16. The van der Waals surface area contributed by atoms with Crippen molar-refractivity contribution in [1.82, 2.24) is 0 Å². The van der Waals surface area contributed by atoms with Crippen LogP contribution in [-0.4, -0.2) is 38.8 Å². The van der Waals surface area contributed by atoms with E-state index in [0.717, 1.165) is 21.0 Å². The fourth-order valence-corrected chi connectivity index (χ4v) is 6.20. The molecule has 0 saturated heterocycles. The molecule has 0 fully saturated rings. The van der Waals surface area contributed by atoms with Gasteiger partial charge in [-0.3, -0.25) is 0 Å². The highest BCUT2D eigenvalue weighted by Crippen LogP contribution is 2.05. The molecule has 0 spiro atoms. The summed E-state index contributed by atoms with van der Waals surface area (Å²) >= 11 is 0. The van der Waals surface area contributed by atoms with E-state index in [-0.39, 0.29) is 0 Å². The molecule has 0 rings (SSSR count). The topological polar surface area (TPSA) is 27.7 Å². The molecule has 3 nitrogen and oxygen atoms in total. The summed E-state index contributed by atoms with van der Waals surface area (Å²) in [6.07, 6.45) is 0. The van der Waals surface area contributed by atoms with Gasteiger partial charge in [-0.2, -0.15) is 0 Å². The van der Waals surface area contributed by atoms with Crippen molar-refractivity contribution in [3.63, 3.8) is 0 Å². The average molecular weight is 213 g/mol. The number of rotatable bonds is 4. The van der Waals surface area contributed by atoms with Crippen molar-refractivity contribution in [2.75, 3.05) is 0 Å². The molecule has 0 aliphatic rings. The van der Waals surface area contributed by atoms with E-state index in [1.807, 2.05) is 6.55 Å². The van der Waals surface area contributed by atoms with Crippen LogP contribution < -0.4 is 0 Å². The van der Waals surface area contributed by atoms with Gasteiger partial charge in [0.1, 0.15) is 21.0 Å². The Hall–Kier alpha value is 0.748. The third-order valence-electron chi connectivity index (χ3n) is 1.27. The summed E-state index contributed by atoms with van der Waals surface area (Å²) in [5, 5.41) is 0. The molecule has 1 unspecified atom stereocenters. The van der Waals surface area contributed by atoms with Crippen LogP contribution in [0.15, 0.2) is 0 Å². The number of hydrogen-bond donors (Lipinski definition) is 0. The van der Waals surface area contributed by atoms with E-state index in [2.05, 4.69) is 13.1 Å². The summed E-state index contributed by atoms with van der Waals surface area (Å²) in [5.41, 5.74) is 0. The first-order valence-corrected chi connectivity index (χ1v) is 9.82. The highest BCUT2D eigenvalue weighted by molar-refractivity contribution is 6.74. The Balaban J connectivity index is 3.64. The lowest BCUT2D eigenvalue weighted by molar-refractivity contribution is 0.376. The van der Waals surface area contributed by atoms with Crippen molar-refractivity contribution < 1.29 is 12.3 Å². The van der Waals surface area contributed by atoms with Crippen molar-refractivity contribution in [3.05, 3.63) is 0 Å². The molecule has 62 valence electrons. The summed E-state index contributed by atoms with van der Waals surface area (Å²) in [4.78, 5) is 0. The van der Waals surface area contributed by atoms with E-state index >= 15 is 0 Å². The Bertz CT molecular complexity index is 97.7. The monoisotopic (exact) mass is 212 g/mol. The minimum Gasteiger partial charge on any atom is -0.447 e. The lowest BCUT2D eigenvalue weighted by atomic mass is 11.9. The highest BCUT2D eigenvalue weighted by atomic mass is 28.4. The van der Waals surface area contributed by atoms with Crippen LogP contribution in [0.25, 0.3) is 0 Å². The zero-order valence-corrected chi connectivity index (χ0v) is 13.5. The molecule has 0 aliphatic heterocycles. The van der Waals surface area contributed by atoms with Gasteiger partial charge in [-0.25, -0.2) is 0 Å². The molecule has 0 radical (unpaired) electrons. The van der Waals surface area contributed by atoms with Crippen molar-refractivity contribution in [1.29, 1.82) is 0 Å². The molecule has 7 heteroatoms. The molecular weight excluding hydrogens is 196 g/mol. The van der Waals surface area contributed by atoms with Crippen LogP contribution in [0, 0.1) is 0 Å². The minimum atomic E-state index is -1.74. The van der Waals surface area contributed by atoms with Crippen LogP contribution in [0.3, 0.4) is 0 Å². The van der Waals surface area contributed by atoms with Crippen LogP contribution >= 0.6 is 0 Å². The molecule has 0 amide bonds. The van der Waals surface area contributed by atoms with Crippen molar-refractivity contribution in [2.45, 2.75) is 19.6 Å². The molecule has 10 heavy (non-hydrogen) atoms. The van der Waals surface area contributed by atoms with E-state index in [1.165, 1.54) is 0 Å². The van der Waals surface area contributed by atoms with Gasteiger partial charge in [0.05, 0.1) is 0 Å². The molecule has 0 aromatic heterocycles. The Morgan fingerprint density at radius 1 is 1.30 bits per heavy atom. The standard InChI is InChI=1S/C3H16O3Si4/c1-9(4-7)6-10(2,3)5-8/h9H,1-3,7-8H3. The van der Waals surface area contributed by atoms with Crippen LogP contribution in [0.2, 0.25) is 19.6 Å². The third-order valence-corrected chi connectivity index (χ3v) is 11.5.